The average Bonchev–Trinajstić information content (AvgIpc) is 2.74. The number of hydrogen-bond donors (Lipinski definition) is 1. The van der Waals surface area contributed by atoms with Crippen molar-refractivity contribution in [3.05, 3.63) is 83.4 Å². The van der Waals surface area contributed by atoms with Crippen LogP contribution < -0.4 is 9.62 Å². The van der Waals surface area contributed by atoms with Gasteiger partial charge in [-0.05, 0) is 54.8 Å². The maximum absolute atomic E-state index is 12.9. The zero-order valence-electron chi connectivity index (χ0n) is 15.8. The average molecular weight is 447 g/mol. The van der Waals surface area contributed by atoms with Gasteiger partial charge in [0.15, 0.2) is 0 Å². The fraction of sp³-hybridized carbons (Fsp3) is 0.0952. The zero-order chi connectivity index (χ0) is 21.0. The highest BCUT2D eigenvalue weighted by atomic mass is 35.5. The van der Waals surface area contributed by atoms with Gasteiger partial charge in [-0.2, -0.15) is 0 Å². The zero-order valence-corrected chi connectivity index (χ0v) is 18.2. The first-order valence-corrected chi connectivity index (χ1v) is 11.7. The second kappa shape index (κ2) is 8.90. The Balaban J connectivity index is 1.90. The Kier molecular flexibility index (Phi) is 6.52. The highest BCUT2D eigenvalue weighted by molar-refractivity contribution is 7.98. The molecule has 0 bridgehead atoms. The molecule has 29 heavy (non-hydrogen) atoms. The van der Waals surface area contributed by atoms with Gasteiger partial charge in [0, 0.05) is 17.6 Å². The second-order valence-electron chi connectivity index (χ2n) is 6.14. The molecule has 8 heteroatoms. The molecule has 0 fully saturated rings. The van der Waals surface area contributed by atoms with Gasteiger partial charge in [-0.25, -0.2) is 8.42 Å². The number of thioether (sulfide) groups is 1. The Morgan fingerprint density at radius 3 is 2.41 bits per heavy atom. The molecule has 0 heterocycles. The summed E-state index contributed by atoms with van der Waals surface area (Å²) in [6.45, 7) is 0. The molecule has 3 rings (SSSR count). The maximum atomic E-state index is 12.9. The number of nitrogens with one attached hydrogen (secondary N) is 1. The van der Waals surface area contributed by atoms with Gasteiger partial charge in [-0.3, -0.25) is 9.10 Å². The molecule has 0 unspecified atom stereocenters. The summed E-state index contributed by atoms with van der Waals surface area (Å²) >= 11 is 7.78. The molecule has 0 saturated heterocycles. The predicted octanol–water partition coefficient (Wildman–Crippen LogP) is 5.14. The molecule has 3 aromatic carbocycles. The lowest BCUT2D eigenvalue weighted by Gasteiger charge is -2.20. The van der Waals surface area contributed by atoms with Crippen LogP contribution in [0.5, 0.6) is 0 Å². The number of benzene rings is 3. The van der Waals surface area contributed by atoms with Crippen LogP contribution in [0.4, 0.5) is 11.4 Å². The maximum Gasteiger partial charge on any atom is 0.264 e. The third-order valence-corrected chi connectivity index (χ3v) is 7.14. The first-order valence-electron chi connectivity index (χ1n) is 8.62. The standard InChI is InChI=1S/C21H19ClN2O3S2/c1-24(29(26,27)18-9-4-3-5-10-18)16-11-12-20(22)19(14-16)21(25)23-15-7-6-8-17(13-15)28-2/h3-14H,1-2H3,(H,23,25). The predicted molar refractivity (Wildman–Crippen MR) is 120 cm³/mol. The lowest BCUT2D eigenvalue weighted by Crippen LogP contribution is -2.27. The minimum absolute atomic E-state index is 0.164. The summed E-state index contributed by atoms with van der Waals surface area (Å²) in [5.41, 5.74) is 1.16. The van der Waals surface area contributed by atoms with Crippen LogP contribution in [-0.4, -0.2) is 27.6 Å². The molecule has 0 saturated carbocycles. The van der Waals surface area contributed by atoms with Gasteiger partial charge in [0.05, 0.1) is 21.2 Å². The van der Waals surface area contributed by atoms with Gasteiger partial charge in [0.1, 0.15) is 0 Å². The van der Waals surface area contributed by atoms with Gasteiger partial charge in [0.25, 0.3) is 15.9 Å². The van der Waals surface area contributed by atoms with Crippen molar-refractivity contribution in [3.8, 4) is 0 Å². The van der Waals surface area contributed by atoms with E-state index in [0.29, 0.717) is 11.4 Å². The summed E-state index contributed by atoms with van der Waals surface area (Å²) in [5.74, 6) is -0.416. The van der Waals surface area contributed by atoms with Crippen molar-refractivity contribution in [1.82, 2.24) is 0 Å². The van der Waals surface area contributed by atoms with Crippen molar-refractivity contribution in [2.45, 2.75) is 9.79 Å². The summed E-state index contributed by atoms with van der Waals surface area (Å²) < 4.78 is 26.8. The summed E-state index contributed by atoms with van der Waals surface area (Å²) in [4.78, 5) is 13.9. The number of carbonyl (C=O) groups excluding carboxylic acids is 1. The Bertz CT molecular complexity index is 1140. The van der Waals surface area contributed by atoms with E-state index in [1.807, 2.05) is 24.5 Å². The van der Waals surface area contributed by atoms with Gasteiger partial charge in [0.2, 0.25) is 0 Å². The van der Waals surface area contributed by atoms with Crippen LogP contribution in [-0.2, 0) is 10.0 Å². The molecule has 0 aromatic heterocycles. The van der Waals surface area contributed by atoms with Crippen molar-refractivity contribution in [3.63, 3.8) is 0 Å². The molecule has 1 amide bonds. The van der Waals surface area contributed by atoms with Crippen LogP contribution in [0.2, 0.25) is 5.02 Å². The van der Waals surface area contributed by atoms with Crippen molar-refractivity contribution in [2.24, 2.45) is 0 Å². The van der Waals surface area contributed by atoms with Gasteiger partial charge < -0.3 is 5.32 Å². The minimum atomic E-state index is -3.76. The lowest BCUT2D eigenvalue weighted by atomic mass is 10.1. The van der Waals surface area contributed by atoms with Crippen LogP contribution in [0.25, 0.3) is 0 Å². The SMILES string of the molecule is CSc1cccc(NC(=O)c2cc(N(C)S(=O)(=O)c3ccccc3)ccc2Cl)c1. The molecular formula is C21H19ClN2O3S2. The summed E-state index contributed by atoms with van der Waals surface area (Å²) in [5, 5.41) is 3.04. The third-order valence-electron chi connectivity index (χ3n) is 4.29. The summed E-state index contributed by atoms with van der Waals surface area (Å²) in [7, 11) is -2.32. The second-order valence-corrected chi connectivity index (χ2v) is 9.39. The summed E-state index contributed by atoms with van der Waals surface area (Å²) in [6.07, 6.45) is 1.95. The topological polar surface area (TPSA) is 66.5 Å². The molecule has 0 atom stereocenters. The van der Waals surface area contributed by atoms with Gasteiger partial charge in [-0.15, -0.1) is 11.8 Å². The van der Waals surface area contributed by atoms with Crippen molar-refractivity contribution < 1.29 is 13.2 Å². The van der Waals surface area contributed by atoms with E-state index in [9.17, 15) is 13.2 Å². The molecular weight excluding hydrogens is 428 g/mol. The molecule has 5 nitrogen and oxygen atoms in total. The first kappa shape index (κ1) is 21.2. The monoisotopic (exact) mass is 446 g/mol. The lowest BCUT2D eigenvalue weighted by molar-refractivity contribution is 0.102. The van der Waals surface area contributed by atoms with E-state index in [4.69, 9.17) is 11.6 Å². The Morgan fingerprint density at radius 2 is 1.72 bits per heavy atom. The number of rotatable bonds is 6. The molecule has 1 N–H and O–H groups in total. The normalized spacial score (nSPS) is 11.1. The van der Waals surface area contributed by atoms with E-state index in [0.717, 1.165) is 9.20 Å². The first-order chi connectivity index (χ1) is 13.8. The molecule has 0 aliphatic heterocycles. The van der Waals surface area contributed by atoms with Gasteiger partial charge in [-0.1, -0.05) is 35.9 Å². The number of nitrogens with zero attached hydrogens (tertiary/aromatic N) is 1. The smallest absolute Gasteiger partial charge is 0.264 e. The van der Waals surface area contributed by atoms with Crippen LogP contribution in [0.15, 0.2) is 82.6 Å². The molecule has 0 spiro atoms. The Labute approximate surface area is 179 Å². The van der Waals surface area contributed by atoms with Crippen LogP contribution in [0.1, 0.15) is 10.4 Å². The van der Waals surface area contributed by atoms with Crippen LogP contribution in [0.3, 0.4) is 0 Å². The number of amides is 1. The molecule has 0 radical (unpaired) electrons. The van der Waals surface area contributed by atoms with E-state index < -0.39 is 15.9 Å². The van der Waals surface area contributed by atoms with Crippen LogP contribution >= 0.6 is 23.4 Å². The van der Waals surface area contributed by atoms with Gasteiger partial charge >= 0.3 is 0 Å². The van der Waals surface area contributed by atoms with Crippen molar-refractivity contribution in [2.75, 3.05) is 22.9 Å². The fourth-order valence-electron chi connectivity index (χ4n) is 2.67. The quantitative estimate of drug-likeness (QED) is 0.532. The molecule has 3 aromatic rings. The van der Waals surface area contributed by atoms with Crippen molar-refractivity contribution in [1.29, 1.82) is 0 Å². The van der Waals surface area contributed by atoms with Crippen molar-refractivity contribution >= 4 is 50.7 Å². The molecule has 150 valence electrons. The number of hydrogen-bond acceptors (Lipinski definition) is 4. The number of halogens is 1. The highest BCUT2D eigenvalue weighted by Crippen LogP contribution is 2.28. The number of carbonyl (C=O) groups is 1. The van der Waals surface area contributed by atoms with E-state index in [-0.39, 0.29) is 15.5 Å². The van der Waals surface area contributed by atoms with E-state index in [2.05, 4.69) is 5.32 Å². The molecule has 0 aliphatic rings. The Morgan fingerprint density at radius 1 is 1.00 bits per heavy atom. The Hall–Kier alpha value is -2.48. The minimum Gasteiger partial charge on any atom is -0.322 e. The third kappa shape index (κ3) is 4.75. The van der Waals surface area contributed by atoms with Crippen LogP contribution in [0, 0.1) is 0 Å². The van der Waals surface area contributed by atoms with E-state index in [1.54, 1.807) is 42.1 Å². The highest BCUT2D eigenvalue weighted by Gasteiger charge is 2.22. The summed E-state index contributed by atoms with van der Waals surface area (Å²) in [6, 6.07) is 20.1. The number of anilines is 2. The largest absolute Gasteiger partial charge is 0.322 e. The number of sulfonamides is 1. The molecule has 0 aliphatic carbocycles. The van der Waals surface area contributed by atoms with E-state index >= 15 is 0 Å². The van der Waals surface area contributed by atoms with E-state index in [1.165, 1.54) is 31.3 Å². The fourth-order valence-corrected chi connectivity index (χ4v) is 4.54.